The molecular weight excluding hydrogens is 418 g/mol. The molecule has 1 aliphatic heterocycles. The number of amides is 1. The van der Waals surface area contributed by atoms with Gasteiger partial charge in [0.25, 0.3) is 10.0 Å². The van der Waals surface area contributed by atoms with Crippen molar-refractivity contribution in [2.45, 2.75) is 30.9 Å². The Morgan fingerprint density at radius 1 is 1.28 bits per heavy atom. The Kier molecular flexibility index (Phi) is 5.23. The largest absolute Gasteiger partial charge is 0.360 e. The predicted octanol–water partition coefficient (Wildman–Crippen LogP) is 2.44. The number of hydrogen-bond donors (Lipinski definition) is 1. The van der Waals surface area contributed by atoms with Crippen molar-refractivity contribution in [1.29, 1.82) is 0 Å². The number of aryl methyl sites for hydroxylation is 2. The highest BCUT2D eigenvalue weighted by Gasteiger charge is 2.34. The third-order valence-corrected chi connectivity index (χ3v) is 7.87. The van der Waals surface area contributed by atoms with Crippen LogP contribution in [0.2, 0.25) is 0 Å². The maximum absolute atomic E-state index is 13.1. The monoisotopic (exact) mass is 437 g/mol. The highest BCUT2D eigenvalue weighted by atomic mass is 32.2. The molecular formula is C17H19N5O5S2. The first-order chi connectivity index (χ1) is 13.8. The molecule has 4 heterocycles. The van der Waals surface area contributed by atoms with Crippen molar-refractivity contribution in [2.24, 2.45) is 5.92 Å². The Bertz CT molecular complexity index is 1130. The quantitative estimate of drug-likeness (QED) is 0.644. The molecule has 3 aromatic heterocycles. The molecule has 1 N–H and O–H groups in total. The van der Waals surface area contributed by atoms with Crippen LogP contribution in [-0.4, -0.2) is 47.0 Å². The second kappa shape index (κ2) is 7.69. The normalized spacial score (nSPS) is 18.1. The maximum atomic E-state index is 13.1. The van der Waals surface area contributed by atoms with Crippen LogP contribution in [0.1, 0.15) is 24.5 Å². The summed E-state index contributed by atoms with van der Waals surface area (Å²) >= 11 is 1.09. The van der Waals surface area contributed by atoms with Crippen molar-refractivity contribution in [3.8, 4) is 11.4 Å². The zero-order valence-electron chi connectivity index (χ0n) is 15.8. The molecule has 1 amide bonds. The molecule has 0 aromatic carbocycles. The molecule has 12 heteroatoms. The van der Waals surface area contributed by atoms with Gasteiger partial charge in [-0.15, -0.1) is 11.3 Å². The second-order valence-electron chi connectivity index (χ2n) is 6.81. The van der Waals surface area contributed by atoms with Crippen LogP contribution >= 0.6 is 11.3 Å². The molecule has 1 aliphatic rings. The smallest absolute Gasteiger partial charge is 0.252 e. The molecule has 1 fully saturated rings. The van der Waals surface area contributed by atoms with E-state index in [0.29, 0.717) is 48.2 Å². The number of rotatable bonds is 5. The molecule has 1 saturated heterocycles. The number of carbonyl (C=O) groups is 1. The summed E-state index contributed by atoms with van der Waals surface area (Å²) in [5.74, 6) is 0.924. The topological polar surface area (TPSA) is 131 Å². The Labute approximate surface area is 170 Å². The summed E-state index contributed by atoms with van der Waals surface area (Å²) in [5.41, 5.74) is 0.582. The van der Waals surface area contributed by atoms with Crippen LogP contribution in [0.15, 0.2) is 30.8 Å². The summed E-state index contributed by atoms with van der Waals surface area (Å²) in [6.45, 7) is 3.87. The lowest BCUT2D eigenvalue weighted by atomic mass is 9.99. The highest BCUT2D eigenvalue weighted by molar-refractivity contribution is 7.91. The van der Waals surface area contributed by atoms with E-state index in [1.54, 1.807) is 25.3 Å². The minimum atomic E-state index is -3.73. The summed E-state index contributed by atoms with van der Waals surface area (Å²) in [7, 11) is -3.73. The van der Waals surface area contributed by atoms with Crippen molar-refractivity contribution in [2.75, 3.05) is 18.4 Å². The number of hydrogen-bond acceptors (Lipinski definition) is 9. The van der Waals surface area contributed by atoms with E-state index in [4.69, 9.17) is 9.05 Å². The number of anilines is 1. The van der Waals surface area contributed by atoms with E-state index in [9.17, 15) is 13.2 Å². The highest BCUT2D eigenvalue weighted by Crippen LogP contribution is 2.31. The first-order valence-corrected chi connectivity index (χ1v) is 11.3. The number of sulfonamides is 1. The standard InChI is InChI=1S/C17H19N5O5S2/c1-10-6-14(20-26-10)19-17(23)12-4-3-5-22(8-12)29(24,25)15-7-13(9-28-15)16-18-11(2)27-21-16/h6-7,9,12H,3-5,8H2,1-2H3,(H,19,20,23)/t12-/m0/s1. The maximum Gasteiger partial charge on any atom is 0.252 e. The van der Waals surface area contributed by atoms with Gasteiger partial charge in [0.05, 0.1) is 5.92 Å². The summed E-state index contributed by atoms with van der Waals surface area (Å²) in [5, 5.41) is 11.9. The van der Waals surface area contributed by atoms with Crippen LogP contribution < -0.4 is 5.32 Å². The third kappa shape index (κ3) is 4.09. The van der Waals surface area contributed by atoms with Gasteiger partial charge in [0.15, 0.2) is 5.82 Å². The Morgan fingerprint density at radius 3 is 2.79 bits per heavy atom. The van der Waals surface area contributed by atoms with Crippen LogP contribution in [0.25, 0.3) is 11.4 Å². The zero-order chi connectivity index (χ0) is 20.6. The van der Waals surface area contributed by atoms with Crippen LogP contribution in [0.5, 0.6) is 0 Å². The fourth-order valence-corrected chi connectivity index (χ4v) is 5.98. The van der Waals surface area contributed by atoms with Crippen LogP contribution in [-0.2, 0) is 14.8 Å². The molecule has 10 nitrogen and oxygen atoms in total. The number of nitrogens with one attached hydrogen (secondary N) is 1. The minimum absolute atomic E-state index is 0.111. The van der Waals surface area contributed by atoms with E-state index in [1.807, 2.05) is 0 Å². The van der Waals surface area contributed by atoms with E-state index in [-0.39, 0.29) is 16.7 Å². The van der Waals surface area contributed by atoms with Crippen molar-refractivity contribution in [1.82, 2.24) is 19.6 Å². The van der Waals surface area contributed by atoms with Gasteiger partial charge in [0.2, 0.25) is 17.6 Å². The lowest BCUT2D eigenvalue weighted by Crippen LogP contribution is -2.43. The van der Waals surface area contributed by atoms with Gasteiger partial charge in [-0.05, 0) is 25.8 Å². The molecule has 29 heavy (non-hydrogen) atoms. The SMILES string of the molecule is Cc1cc(NC(=O)[C@H]2CCCN(S(=O)(=O)c3cc(-c4noc(C)n4)cs3)C2)no1. The second-order valence-corrected chi connectivity index (χ2v) is 9.88. The Balaban J connectivity index is 1.48. The fraction of sp³-hybridized carbons (Fsp3) is 0.412. The van der Waals surface area contributed by atoms with Gasteiger partial charge in [-0.2, -0.15) is 9.29 Å². The van der Waals surface area contributed by atoms with E-state index in [2.05, 4.69) is 20.6 Å². The molecule has 4 rings (SSSR count). The number of nitrogens with zero attached hydrogens (tertiary/aromatic N) is 4. The van der Waals surface area contributed by atoms with Crippen LogP contribution in [0.3, 0.4) is 0 Å². The van der Waals surface area contributed by atoms with Gasteiger partial charge in [-0.1, -0.05) is 10.3 Å². The molecule has 1 atom stereocenters. The summed E-state index contributed by atoms with van der Waals surface area (Å²) in [6.07, 6.45) is 1.20. The Hall–Kier alpha value is -2.57. The molecule has 0 radical (unpaired) electrons. The third-order valence-electron chi connectivity index (χ3n) is 4.59. The predicted molar refractivity (Wildman–Crippen MR) is 104 cm³/mol. The van der Waals surface area contributed by atoms with Gasteiger partial charge in [-0.3, -0.25) is 4.79 Å². The van der Waals surface area contributed by atoms with Crippen molar-refractivity contribution in [3.05, 3.63) is 29.2 Å². The fourth-order valence-electron chi connectivity index (χ4n) is 3.14. The molecule has 0 bridgehead atoms. The molecule has 154 valence electrons. The zero-order valence-corrected chi connectivity index (χ0v) is 17.4. The first-order valence-electron chi connectivity index (χ1n) is 8.96. The molecule has 0 aliphatic carbocycles. The van der Waals surface area contributed by atoms with Crippen molar-refractivity contribution >= 4 is 33.1 Å². The summed E-state index contributed by atoms with van der Waals surface area (Å²) in [4.78, 5) is 16.7. The number of aromatic nitrogens is 3. The summed E-state index contributed by atoms with van der Waals surface area (Å²) in [6, 6.07) is 3.15. The molecule has 0 unspecified atom stereocenters. The van der Waals surface area contributed by atoms with Gasteiger partial charge >= 0.3 is 0 Å². The number of piperidine rings is 1. The molecule has 0 saturated carbocycles. The van der Waals surface area contributed by atoms with Crippen molar-refractivity contribution in [3.63, 3.8) is 0 Å². The number of carbonyl (C=O) groups excluding carboxylic acids is 1. The lowest BCUT2D eigenvalue weighted by molar-refractivity contribution is -0.120. The number of thiophene rings is 1. The average molecular weight is 438 g/mol. The van der Waals surface area contributed by atoms with Gasteiger partial charge in [0.1, 0.15) is 9.97 Å². The van der Waals surface area contributed by atoms with Crippen molar-refractivity contribution < 1.29 is 22.3 Å². The van der Waals surface area contributed by atoms with E-state index in [0.717, 1.165) is 11.3 Å². The van der Waals surface area contributed by atoms with Gasteiger partial charge in [0, 0.05) is 37.0 Å². The van der Waals surface area contributed by atoms with Gasteiger partial charge < -0.3 is 14.4 Å². The van der Waals surface area contributed by atoms with E-state index in [1.165, 1.54) is 10.4 Å². The van der Waals surface area contributed by atoms with E-state index < -0.39 is 15.9 Å². The van der Waals surface area contributed by atoms with Gasteiger partial charge in [-0.25, -0.2) is 8.42 Å². The summed E-state index contributed by atoms with van der Waals surface area (Å²) < 4.78 is 37.6. The molecule has 0 spiro atoms. The van der Waals surface area contributed by atoms with Crippen LogP contribution in [0, 0.1) is 19.8 Å². The first kappa shape index (κ1) is 19.7. The van der Waals surface area contributed by atoms with Crippen LogP contribution in [0.4, 0.5) is 5.82 Å². The van der Waals surface area contributed by atoms with E-state index >= 15 is 0 Å². The Morgan fingerprint density at radius 2 is 2.10 bits per heavy atom. The molecule has 3 aromatic rings. The lowest BCUT2D eigenvalue weighted by Gasteiger charge is -2.30. The average Bonchev–Trinajstić information content (AvgIpc) is 3.43. The minimum Gasteiger partial charge on any atom is -0.360 e.